The number of hydrogen-bond acceptors (Lipinski definition) is 3. The van der Waals surface area contributed by atoms with Crippen LogP contribution in [-0.4, -0.2) is 34.8 Å². The Hall–Kier alpha value is -3.08. The molecular weight excluding hydrogens is 292 g/mol. The summed E-state index contributed by atoms with van der Waals surface area (Å²) in [6, 6.07) is 14.6. The molecule has 5 nitrogen and oxygen atoms in total. The minimum Gasteiger partial charge on any atom is -0.491 e. The number of imide groups is 1. The van der Waals surface area contributed by atoms with Crippen LogP contribution in [0.15, 0.2) is 54.7 Å². The van der Waals surface area contributed by atoms with Gasteiger partial charge in [0.25, 0.3) is 11.8 Å². The van der Waals surface area contributed by atoms with Gasteiger partial charge in [-0.15, -0.1) is 0 Å². The number of carbonyl (C=O) groups excluding carboxylic acids is 2. The SMILES string of the molecule is O=C1c2ccccc2C(=O)N1CCOc1cccc2[nH]ccc12. The molecule has 0 saturated carbocycles. The summed E-state index contributed by atoms with van der Waals surface area (Å²) in [7, 11) is 0. The molecule has 1 aliphatic heterocycles. The van der Waals surface area contributed by atoms with Gasteiger partial charge in [-0.3, -0.25) is 14.5 Å². The molecule has 1 aliphatic rings. The Balaban J connectivity index is 1.47. The van der Waals surface area contributed by atoms with Crippen molar-refractivity contribution in [2.45, 2.75) is 0 Å². The molecule has 1 N–H and O–H groups in total. The molecule has 4 rings (SSSR count). The maximum Gasteiger partial charge on any atom is 0.261 e. The quantitative estimate of drug-likeness (QED) is 0.754. The molecule has 23 heavy (non-hydrogen) atoms. The number of amides is 2. The zero-order chi connectivity index (χ0) is 15.8. The zero-order valence-electron chi connectivity index (χ0n) is 12.3. The Morgan fingerprint density at radius 2 is 1.65 bits per heavy atom. The van der Waals surface area contributed by atoms with Crippen molar-refractivity contribution >= 4 is 22.7 Å². The van der Waals surface area contributed by atoms with Crippen molar-refractivity contribution in [3.05, 3.63) is 65.9 Å². The van der Waals surface area contributed by atoms with Crippen LogP contribution in [0.1, 0.15) is 20.7 Å². The number of aromatic amines is 1. The molecule has 0 aliphatic carbocycles. The first-order valence-electron chi connectivity index (χ1n) is 7.40. The maximum atomic E-state index is 12.3. The van der Waals surface area contributed by atoms with Gasteiger partial charge in [-0.25, -0.2) is 0 Å². The second kappa shape index (κ2) is 5.28. The third kappa shape index (κ3) is 2.17. The van der Waals surface area contributed by atoms with E-state index in [2.05, 4.69) is 4.98 Å². The monoisotopic (exact) mass is 306 g/mol. The predicted octanol–water partition coefficient (Wildman–Crippen LogP) is 2.84. The van der Waals surface area contributed by atoms with Crippen LogP contribution in [0.25, 0.3) is 10.9 Å². The van der Waals surface area contributed by atoms with Gasteiger partial charge in [0.2, 0.25) is 0 Å². The van der Waals surface area contributed by atoms with Gasteiger partial charge < -0.3 is 9.72 Å². The molecule has 0 bridgehead atoms. The van der Waals surface area contributed by atoms with Crippen LogP contribution in [0.5, 0.6) is 5.75 Å². The Labute approximate surface area is 132 Å². The lowest BCUT2D eigenvalue weighted by molar-refractivity contribution is 0.0632. The number of nitrogens with one attached hydrogen (secondary N) is 1. The molecule has 0 saturated heterocycles. The maximum absolute atomic E-state index is 12.3. The van der Waals surface area contributed by atoms with Gasteiger partial charge in [0, 0.05) is 17.1 Å². The molecule has 2 amide bonds. The van der Waals surface area contributed by atoms with E-state index in [0.29, 0.717) is 11.1 Å². The Kier molecular flexibility index (Phi) is 3.12. The van der Waals surface area contributed by atoms with Gasteiger partial charge in [0.05, 0.1) is 17.7 Å². The number of rotatable bonds is 4. The van der Waals surface area contributed by atoms with E-state index in [1.807, 2.05) is 30.5 Å². The molecule has 0 radical (unpaired) electrons. The van der Waals surface area contributed by atoms with E-state index in [-0.39, 0.29) is 25.0 Å². The van der Waals surface area contributed by atoms with E-state index in [1.54, 1.807) is 24.3 Å². The lowest BCUT2D eigenvalue weighted by Crippen LogP contribution is -2.33. The smallest absolute Gasteiger partial charge is 0.261 e. The molecule has 5 heteroatoms. The zero-order valence-corrected chi connectivity index (χ0v) is 12.3. The van der Waals surface area contributed by atoms with Gasteiger partial charge in [-0.05, 0) is 30.3 Å². The molecule has 3 aromatic rings. The van der Waals surface area contributed by atoms with Crippen molar-refractivity contribution in [3.8, 4) is 5.75 Å². The largest absolute Gasteiger partial charge is 0.491 e. The number of hydrogen-bond donors (Lipinski definition) is 1. The topological polar surface area (TPSA) is 62.4 Å². The normalized spacial score (nSPS) is 13.7. The highest BCUT2D eigenvalue weighted by Gasteiger charge is 2.34. The minimum absolute atomic E-state index is 0.229. The number of aromatic nitrogens is 1. The Morgan fingerprint density at radius 1 is 0.913 bits per heavy atom. The Bertz CT molecular complexity index is 878. The van der Waals surface area contributed by atoms with Gasteiger partial charge in [-0.1, -0.05) is 18.2 Å². The first kappa shape index (κ1) is 13.6. The summed E-state index contributed by atoms with van der Waals surface area (Å²) in [5.41, 5.74) is 1.92. The average molecular weight is 306 g/mol. The van der Waals surface area contributed by atoms with Crippen LogP contribution in [0.2, 0.25) is 0 Å². The number of benzene rings is 2. The third-order valence-electron chi connectivity index (χ3n) is 4.01. The summed E-state index contributed by atoms with van der Waals surface area (Å²) in [4.78, 5) is 28.9. The fourth-order valence-corrected chi connectivity index (χ4v) is 2.87. The first-order chi connectivity index (χ1) is 11.3. The van der Waals surface area contributed by atoms with Crippen molar-refractivity contribution in [1.29, 1.82) is 0 Å². The van der Waals surface area contributed by atoms with Crippen molar-refractivity contribution in [1.82, 2.24) is 9.88 Å². The predicted molar refractivity (Wildman–Crippen MR) is 85.6 cm³/mol. The molecule has 114 valence electrons. The lowest BCUT2D eigenvalue weighted by Gasteiger charge is -2.14. The number of H-pyrrole nitrogens is 1. The van der Waals surface area contributed by atoms with Gasteiger partial charge in [0.1, 0.15) is 12.4 Å². The van der Waals surface area contributed by atoms with Crippen molar-refractivity contribution in [3.63, 3.8) is 0 Å². The van der Waals surface area contributed by atoms with E-state index in [9.17, 15) is 9.59 Å². The van der Waals surface area contributed by atoms with Crippen molar-refractivity contribution in [2.24, 2.45) is 0 Å². The molecule has 0 unspecified atom stereocenters. The van der Waals surface area contributed by atoms with Crippen LogP contribution in [-0.2, 0) is 0 Å². The van der Waals surface area contributed by atoms with Gasteiger partial charge in [0.15, 0.2) is 0 Å². The number of ether oxygens (including phenoxy) is 1. The molecule has 1 aromatic heterocycles. The minimum atomic E-state index is -0.256. The fourth-order valence-electron chi connectivity index (χ4n) is 2.87. The molecular formula is C18H14N2O3. The van der Waals surface area contributed by atoms with Gasteiger partial charge >= 0.3 is 0 Å². The highest BCUT2D eigenvalue weighted by atomic mass is 16.5. The van der Waals surface area contributed by atoms with E-state index in [0.717, 1.165) is 16.7 Å². The number of fused-ring (bicyclic) bond motifs is 2. The lowest BCUT2D eigenvalue weighted by atomic mass is 10.1. The van der Waals surface area contributed by atoms with E-state index in [1.165, 1.54) is 4.90 Å². The van der Waals surface area contributed by atoms with Gasteiger partial charge in [-0.2, -0.15) is 0 Å². The molecule has 0 fully saturated rings. The van der Waals surface area contributed by atoms with E-state index < -0.39 is 0 Å². The summed E-state index contributed by atoms with van der Waals surface area (Å²) in [5, 5.41) is 0.981. The second-order valence-corrected chi connectivity index (χ2v) is 5.35. The molecule has 2 aromatic carbocycles. The molecule has 0 atom stereocenters. The van der Waals surface area contributed by atoms with Crippen molar-refractivity contribution in [2.75, 3.05) is 13.2 Å². The second-order valence-electron chi connectivity index (χ2n) is 5.35. The van der Waals surface area contributed by atoms with Crippen LogP contribution >= 0.6 is 0 Å². The number of carbonyl (C=O) groups is 2. The Morgan fingerprint density at radius 3 is 2.39 bits per heavy atom. The van der Waals surface area contributed by atoms with E-state index >= 15 is 0 Å². The first-order valence-corrected chi connectivity index (χ1v) is 7.40. The van der Waals surface area contributed by atoms with Crippen LogP contribution in [0, 0.1) is 0 Å². The molecule has 2 heterocycles. The van der Waals surface area contributed by atoms with Crippen molar-refractivity contribution < 1.29 is 14.3 Å². The summed E-state index contributed by atoms with van der Waals surface area (Å²) >= 11 is 0. The summed E-state index contributed by atoms with van der Waals surface area (Å²) in [6.07, 6.45) is 1.85. The third-order valence-corrected chi connectivity index (χ3v) is 4.01. The van der Waals surface area contributed by atoms with Crippen LogP contribution < -0.4 is 4.74 Å². The van der Waals surface area contributed by atoms with Crippen LogP contribution in [0.3, 0.4) is 0 Å². The standard InChI is InChI=1S/C18H14N2O3/c21-17-12-4-1-2-5-13(12)18(22)20(17)10-11-23-16-7-3-6-15-14(16)8-9-19-15/h1-9,19H,10-11H2. The average Bonchev–Trinajstić information content (AvgIpc) is 3.15. The molecule has 0 spiro atoms. The summed E-state index contributed by atoms with van der Waals surface area (Å²) in [5.74, 6) is 0.225. The fraction of sp³-hybridized carbons (Fsp3) is 0.111. The van der Waals surface area contributed by atoms with E-state index in [4.69, 9.17) is 4.74 Å². The van der Waals surface area contributed by atoms with Crippen LogP contribution in [0.4, 0.5) is 0 Å². The summed E-state index contributed by atoms with van der Waals surface area (Å²) in [6.45, 7) is 0.489. The summed E-state index contributed by atoms with van der Waals surface area (Å²) < 4.78 is 5.77. The number of nitrogens with zero attached hydrogens (tertiary/aromatic N) is 1. The highest BCUT2D eigenvalue weighted by Crippen LogP contribution is 2.25. The highest BCUT2D eigenvalue weighted by molar-refractivity contribution is 6.21.